The third-order valence-corrected chi connectivity index (χ3v) is 5.89. The summed E-state index contributed by atoms with van der Waals surface area (Å²) in [7, 11) is 0. The molecule has 4 nitrogen and oxygen atoms in total. The Hall–Kier alpha value is -2.27. The summed E-state index contributed by atoms with van der Waals surface area (Å²) < 4.78 is 0. The smallest absolute Gasteiger partial charge is 0.243 e. The van der Waals surface area contributed by atoms with E-state index >= 15 is 0 Å². The molecular weight excluding hydrogens is 392 g/mol. The van der Waals surface area contributed by atoms with Gasteiger partial charge in [0.15, 0.2) is 0 Å². The molecule has 30 heavy (non-hydrogen) atoms. The van der Waals surface area contributed by atoms with Crippen molar-refractivity contribution in [1.29, 1.82) is 0 Å². The monoisotopic (exact) mass is 426 g/mol. The molecule has 0 bridgehead atoms. The molecule has 0 aliphatic heterocycles. The van der Waals surface area contributed by atoms with Gasteiger partial charge in [-0.1, -0.05) is 66.6 Å². The fourth-order valence-electron chi connectivity index (χ4n) is 3.21. The maximum atomic E-state index is 13.2. The van der Waals surface area contributed by atoms with E-state index in [9.17, 15) is 9.59 Å². The molecule has 2 rings (SSSR count). The van der Waals surface area contributed by atoms with Gasteiger partial charge in [0.1, 0.15) is 6.04 Å². The number of aryl methyl sites for hydroxylation is 2. The van der Waals surface area contributed by atoms with E-state index in [1.165, 1.54) is 16.7 Å². The molecule has 2 aromatic rings. The van der Waals surface area contributed by atoms with Crippen LogP contribution in [0.5, 0.6) is 0 Å². The lowest BCUT2D eigenvalue weighted by atomic mass is 10.1. The largest absolute Gasteiger partial charge is 0.352 e. The minimum absolute atomic E-state index is 0.00144. The topological polar surface area (TPSA) is 49.4 Å². The van der Waals surface area contributed by atoms with Crippen LogP contribution in [0.3, 0.4) is 0 Å². The first-order chi connectivity index (χ1) is 14.3. The average Bonchev–Trinajstić information content (AvgIpc) is 2.70. The predicted molar refractivity (Wildman–Crippen MR) is 126 cm³/mol. The van der Waals surface area contributed by atoms with Crippen LogP contribution in [-0.2, 0) is 21.9 Å². The Balaban J connectivity index is 2.11. The number of nitrogens with zero attached hydrogens (tertiary/aromatic N) is 1. The number of rotatable bonds is 10. The van der Waals surface area contributed by atoms with Crippen molar-refractivity contribution in [1.82, 2.24) is 10.2 Å². The highest BCUT2D eigenvalue weighted by Crippen LogP contribution is 2.18. The fourth-order valence-corrected chi connectivity index (χ4v) is 4.08. The van der Waals surface area contributed by atoms with Crippen molar-refractivity contribution in [3.63, 3.8) is 0 Å². The van der Waals surface area contributed by atoms with Crippen LogP contribution < -0.4 is 5.32 Å². The Kier molecular flexibility index (Phi) is 9.44. The van der Waals surface area contributed by atoms with Crippen LogP contribution >= 0.6 is 11.8 Å². The number of nitrogens with one attached hydrogen (secondary N) is 1. The summed E-state index contributed by atoms with van der Waals surface area (Å²) in [4.78, 5) is 27.7. The summed E-state index contributed by atoms with van der Waals surface area (Å²) in [5.74, 6) is 1.04. The maximum absolute atomic E-state index is 13.2. The fraction of sp³-hybridized carbons (Fsp3) is 0.440. The minimum atomic E-state index is -0.471. The van der Waals surface area contributed by atoms with Crippen molar-refractivity contribution in [3.8, 4) is 0 Å². The SMILES string of the molecule is CC[C@H](C(=O)NC(C)C)N(Cc1ccc(C)cc1)C(=O)CSCc1ccc(C)cc1. The quantitative estimate of drug-likeness (QED) is 0.590. The molecule has 1 atom stereocenters. The van der Waals surface area contributed by atoms with Gasteiger partial charge in [-0.2, -0.15) is 0 Å². The van der Waals surface area contributed by atoms with Gasteiger partial charge in [0.2, 0.25) is 11.8 Å². The van der Waals surface area contributed by atoms with Crippen LogP contribution in [0.25, 0.3) is 0 Å². The number of thioether (sulfide) groups is 1. The summed E-state index contributed by atoms with van der Waals surface area (Å²) in [5.41, 5.74) is 4.64. The Morgan fingerprint density at radius 2 is 1.47 bits per heavy atom. The van der Waals surface area contributed by atoms with Gasteiger partial charge in [0, 0.05) is 18.3 Å². The van der Waals surface area contributed by atoms with E-state index in [1.54, 1.807) is 16.7 Å². The summed E-state index contributed by atoms with van der Waals surface area (Å²) in [6, 6.07) is 16.1. The Bertz CT molecular complexity index is 816. The first kappa shape index (κ1) is 24.0. The zero-order valence-electron chi connectivity index (χ0n) is 18.8. The summed E-state index contributed by atoms with van der Waals surface area (Å²) in [5, 5.41) is 2.97. The predicted octanol–water partition coefficient (Wildman–Crippen LogP) is 4.87. The molecule has 1 N–H and O–H groups in total. The van der Waals surface area contributed by atoms with Gasteiger partial charge in [0.25, 0.3) is 0 Å². The Morgan fingerprint density at radius 3 is 1.97 bits per heavy atom. The number of amides is 2. The molecule has 0 spiro atoms. The van der Waals surface area contributed by atoms with E-state index in [4.69, 9.17) is 0 Å². The molecule has 0 heterocycles. The summed E-state index contributed by atoms with van der Waals surface area (Å²) in [6.45, 7) is 10.4. The van der Waals surface area contributed by atoms with E-state index in [0.717, 1.165) is 11.3 Å². The third-order valence-electron chi connectivity index (χ3n) is 4.91. The highest BCUT2D eigenvalue weighted by molar-refractivity contribution is 7.99. The molecule has 0 saturated heterocycles. The first-order valence-corrected chi connectivity index (χ1v) is 11.7. The van der Waals surface area contributed by atoms with E-state index < -0.39 is 6.04 Å². The Labute approximate surface area is 185 Å². The van der Waals surface area contributed by atoms with Gasteiger partial charge in [-0.15, -0.1) is 11.8 Å². The van der Waals surface area contributed by atoms with Gasteiger partial charge in [-0.25, -0.2) is 0 Å². The lowest BCUT2D eigenvalue weighted by Gasteiger charge is -2.31. The van der Waals surface area contributed by atoms with Gasteiger partial charge in [-0.3, -0.25) is 9.59 Å². The Morgan fingerprint density at radius 1 is 0.933 bits per heavy atom. The lowest BCUT2D eigenvalue weighted by Crippen LogP contribution is -2.50. The highest BCUT2D eigenvalue weighted by atomic mass is 32.2. The first-order valence-electron chi connectivity index (χ1n) is 10.6. The second-order valence-electron chi connectivity index (χ2n) is 8.07. The van der Waals surface area contributed by atoms with Crippen molar-refractivity contribution >= 4 is 23.6 Å². The molecule has 0 aliphatic carbocycles. The molecule has 0 aliphatic rings. The van der Waals surface area contributed by atoms with Gasteiger partial charge < -0.3 is 10.2 Å². The zero-order valence-corrected chi connectivity index (χ0v) is 19.6. The number of benzene rings is 2. The number of carbonyl (C=O) groups excluding carboxylic acids is 2. The number of hydrogen-bond acceptors (Lipinski definition) is 3. The number of carbonyl (C=O) groups is 2. The van der Waals surface area contributed by atoms with E-state index in [0.29, 0.717) is 18.7 Å². The molecule has 2 amide bonds. The minimum Gasteiger partial charge on any atom is -0.352 e. The van der Waals surface area contributed by atoms with Crippen molar-refractivity contribution in [2.75, 3.05) is 5.75 Å². The number of hydrogen-bond donors (Lipinski definition) is 1. The van der Waals surface area contributed by atoms with Crippen molar-refractivity contribution < 1.29 is 9.59 Å². The van der Waals surface area contributed by atoms with E-state index in [1.807, 2.05) is 52.0 Å². The third kappa shape index (κ3) is 7.52. The normalized spacial score (nSPS) is 11.9. The lowest BCUT2D eigenvalue weighted by molar-refractivity contribution is -0.139. The molecule has 5 heteroatoms. The average molecular weight is 427 g/mol. The van der Waals surface area contributed by atoms with E-state index in [-0.39, 0.29) is 17.9 Å². The van der Waals surface area contributed by atoms with Crippen LogP contribution in [-0.4, -0.2) is 34.6 Å². The zero-order chi connectivity index (χ0) is 22.1. The van der Waals surface area contributed by atoms with Gasteiger partial charge >= 0.3 is 0 Å². The van der Waals surface area contributed by atoms with Crippen molar-refractivity contribution in [2.45, 2.75) is 65.4 Å². The molecule has 0 fully saturated rings. The standard InChI is InChI=1S/C25H34N2O2S/c1-6-23(25(29)26-18(2)3)27(15-21-11-7-19(4)8-12-21)24(28)17-30-16-22-13-9-20(5)10-14-22/h7-14,18,23H,6,15-17H2,1-5H3,(H,26,29)/t23-/m1/s1. The highest BCUT2D eigenvalue weighted by Gasteiger charge is 2.28. The second kappa shape index (κ2) is 11.8. The van der Waals surface area contributed by atoms with Gasteiger partial charge in [-0.05, 0) is 45.2 Å². The van der Waals surface area contributed by atoms with Crippen molar-refractivity contribution in [2.24, 2.45) is 0 Å². The summed E-state index contributed by atoms with van der Waals surface area (Å²) >= 11 is 1.59. The molecule has 162 valence electrons. The molecular formula is C25H34N2O2S. The van der Waals surface area contributed by atoms with Gasteiger partial charge in [0.05, 0.1) is 5.75 Å². The maximum Gasteiger partial charge on any atom is 0.243 e. The summed E-state index contributed by atoms with van der Waals surface area (Å²) in [6.07, 6.45) is 0.582. The van der Waals surface area contributed by atoms with E-state index in [2.05, 4.69) is 36.5 Å². The molecule has 0 radical (unpaired) electrons. The van der Waals surface area contributed by atoms with Crippen LogP contribution in [0.15, 0.2) is 48.5 Å². The van der Waals surface area contributed by atoms with Crippen LogP contribution in [0.4, 0.5) is 0 Å². The van der Waals surface area contributed by atoms with Crippen LogP contribution in [0, 0.1) is 13.8 Å². The van der Waals surface area contributed by atoms with Crippen molar-refractivity contribution in [3.05, 3.63) is 70.8 Å². The second-order valence-corrected chi connectivity index (χ2v) is 9.06. The molecule has 0 unspecified atom stereocenters. The van der Waals surface area contributed by atoms with Crippen LogP contribution in [0.1, 0.15) is 49.4 Å². The molecule has 2 aromatic carbocycles. The molecule has 0 saturated carbocycles. The van der Waals surface area contributed by atoms with Crippen LogP contribution in [0.2, 0.25) is 0 Å². The molecule has 0 aromatic heterocycles.